The fourth-order valence-corrected chi connectivity index (χ4v) is 2.41. The van der Waals surface area contributed by atoms with Crippen LogP contribution in [0, 0.1) is 6.92 Å². The van der Waals surface area contributed by atoms with Crippen molar-refractivity contribution in [2.45, 2.75) is 13.5 Å². The highest BCUT2D eigenvalue weighted by molar-refractivity contribution is 6.01. The Balaban J connectivity index is 2.03. The summed E-state index contributed by atoms with van der Waals surface area (Å²) in [6.45, 7) is 2.28. The minimum Gasteiger partial charge on any atom is -0.486 e. The first-order chi connectivity index (χ1) is 10.2. The van der Waals surface area contributed by atoms with Crippen LogP contribution in [0.2, 0.25) is 0 Å². The molecule has 4 heteroatoms. The van der Waals surface area contributed by atoms with Crippen molar-refractivity contribution in [3.63, 3.8) is 0 Å². The maximum absolute atomic E-state index is 11.4. The summed E-state index contributed by atoms with van der Waals surface area (Å²) >= 11 is 0. The molecule has 2 N–H and O–H groups in total. The summed E-state index contributed by atoms with van der Waals surface area (Å²) in [7, 11) is 0. The molecule has 0 aliphatic heterocycles. The average molecular weight is 281 g/mol. The zero-order chi connectivity index (χ0) is 14.8. The Labute approximate surface area is 122 Å². The molecule has 0 spiro atoms. The fraction of sp³-hybridized carbons (Fsp3) is 0.118. The fourth-order valence-electron chi connectivity index (χ4n) is 2.41. The van der Waals surface area contributed by atoms with Gasteiger partial charge in [-0.05, 0) is 24.1 Å². The van der Waals surface area contributed by atoms with E-state index in [2.05, 4.69) is 4.98 Å². The number of aryl methyl sites for hydroxylation is 1. The summed E-state index contributed by atoms with van der Waals surface area (Å²) in [6.07, 6.45) is 0. The minimum atomic E-state index is -1.02. The van der Waals surface area contributed by atoms with Gasteiger partial charge in [0.2, 0.25) is 0 Å². The second-order valence-corrected chi connectivity index (χ2v) is 4.91. The number of benzene rings is 2. The maximum atomic E-state index is 11.4. The van der Waals surface area contributed by atoms with Crippen molar-refractivity contribution in [3.05, 3.63) is 65.4 Å². The Morgan fingerprint density at radius 1 is 1.14 bits per heavy atom. The second-order valence-electron chi connectivity index (χ2n) is 4.91. The topological polar surface area (TPSA) is 62.3 Å². The maximum Gasteiger partial charge on any atom is 0.356 e. The normalized spacial score (nSPS) is 10.7. The largest absolute Gasteiger partial charge is 0.486 e. The van der Waals surface area contributed by atoms with Crippen molar-refractivity contribution < 1.29 is 14.6 Å². The molecule has 0 atom stereocenters. The third-order valence-electron chi connectivity index (χ3n) is 3.43. The van der Waals surface area contributed by atoms with E-state index >= 15 is 0 Å². The molecule has 3 aromatic rings. The first-order valence-electron chi connectivity index (χ1n) is 6.68. The van der Waals surface area contributed by atoms with E-state index in [1.165, 1.54) is 0 Å². The number of ether oxygens (including phenoxy) is 1. The smallest absolute Gasteiger partial charge is 0.356 e. The van der Waals surface area contributed by atoms with Gasteiger partial charge in [0.15, 0.2) is 11.4 Å². The molecule has 0 aliphatic carbocycles. The monoisotopic (exact) mass is 281 g/mol. The van der Waals surface area contributed by atoms with Crippen LogP contribution in [0.1, 0.15) is 21.6 Å². The molecule has 106 valence electrons. The van der Waals surface area contributed by atoms with Gasteiger partial charge in [-0.25, -0.2) is 4.79 Å². The highest BCUT2D eigenvalue weighted by Crippen LogP contribution is 2.33. The Bertz CT molecular complexity index is 790. The van der Waals surface area contributed by atoms with Crippen LogP contribution >= 0.6 is 0 Å². The molecular formula is C17H15NO3. The third-order valence-corrected chi connectivity index (χ3v) is 3.43. The predicted molar refractivity (Wildman–Crippen MR) is 80.8 cm³/mol. The predicted octanol–water partition coefficient (Wildman–Crippen LogP) is 3.75. The lowest BCUT2D eigenvalue weighted by atomic mass is 10.1. The molecule has 0 amide bonds. The molecule has 1 heterocycles. The number of nitrogens with one attached hydrogen (secondary N) is 1. The van der Waals surface area contributed by atoms with Gasteiger partial charge in [0.05, 0.1) is 5.52 Å². The Morgan fingerprint density at radius 2 is 1.90 bits per heavy atom. The van der Waals surface area contributed by atoms with Crippen molar-refractivity contribution in [1.29, 1.82) is 0 Å². The Hall–Kier alpha value is -2.75. The molecule has 3 rings (SSSR count). The number of hydrogen-bond acceptors (Lipinski definition) is 2. The lowest BCUT2D eigenvalue weighted by Gasteiger charge is -2.07. The van der Waals surface area contributed by atoms with E-state index in [1.54, 1.807) is 0 Å². The molecule has 4 nitrogen and oxygen atoms in total. The molecular weight excluding hydrogens is 266 g/mol. The number of hydrogen-bond donors (Lipinski definition) is 2. The van der Waals surface area contributed by atoms with Gasteiger partial charge in [-0.15, -0.1) is 0 Å². The number of rotatable bonds is 4. The summed E-state index contributed by atoms with van der Waals surface area (Å²) in [6, 6.07) is 15.4. The average Bonchev–Trinajstić information content (AvgIpc) is 2.86. The SMILES string of the molecule is Cc1cccc2[nH]c(C(=O)O)c(OCc3ccccc3)c12. The summed E-state index contributed by atoms with van der Waals surface area (Å²) in [5.74, 6) is -0.617. The molecule has 0 unspecified atom stereocenters. The summed E-state index contributed by atoms with van der Waals surface area (Å²) in [5.41, 5.74) is 2.85. The number of aromatic carboxylic acids is 1. The molecule has 1 aromatic heterocycles. The van der Waals surface area contributed by atoms with Gasteiger partial charge >= 0.3 is 5.97 Å². The molecule has 0 aliphatic rings. The van der Waals surface area contributed by atoms with E-state index in [9.17, 15) is 9.90 Å². The zero-order valence-corrected chi connectivity index (χ0v) is 11.6. The highest BCUT2D eigenvalue weighted by atomic mass is 16.5. The number of H-pyrrole nitrogens is 1. The summed E-state index contributed by atoms with van der Waals surface area (Å²) in [5, 5.41) is 10.2. The lowest BCUT2D eigenvalue weighted by Crippen LogP contribution is -2.02. The molecule has 0 radical (unpaired) electrons. The van der Waals surface area contributed by atoms with Crippen molar-refractivity contribution in [2.24, 2.45) is 0 Å². The number of fused-ring (bicyclic) bond motifs is 1. The van der Waals surface area contributed by atoms with Crippen LogP contribution < -0.4 is 4.74 Å². The quantitative estimate of drug-likeness (QED) is 0.765. The lowest BCUT2D eigenvalue weighted by molar-refractivity contribution is 0.0686. The Morgan fingerprint density at radius 3 is 2.62 bits per heavy atom. The van der Waals surface area contributed by atoms with E-state index < -0.39 is 5.97 Å². The first kappa shape index (κ1) is 13.2. The zero-order valence-electron chi connectivity index (χ0n) is 11.6. The highest BCUT2D eigenvalue weighted by Gasteiger charge is 2.19. The van der Waals surface area contributed by atoms with Gasteiger partial charge in [-0.2, -0.15) is 0 Å². The van der Waals surface area contributed by atoms with Crippen LogP contribution in [-0.4, -0.2) is 16.1 Å². The van der Waals surface area contributed by atoms with Gasteiger partial charge < -0.3 is 14.8 Å². The van der Waals surface area contributed by atoms with Crippen molar-refractivity contribution >= 4 is 16.9 Å². The van der Waals surface area contributed by atoms with Crippen LogP contribution in [0.3, 0.4) is 0 Å². The van der Waals surface area contributed by atoms with Crippen molar-refractivity contribution in [1.82, 2.24) is 4.98 Å². The number of aromatic nitrogens is 1. The number of aromatic amines is 1. The van der Waals surface area contributed by atoms with Crippen LogP contribution in [-0.2, 0) is 6.61 Å². The van der Waals surface area contributed by atoms with E-state index in [0.29, 0.717) is 12.4 Å². The van der Waals surface area contributed by atoms with Gasteiger partial charge in [0.25, 0.3) is 0 Å². The number of carboxylic acid groups (broad SMARTS) is 1. The van der Waals surface area contributed by atoms with Gasteiger partial charge in [-0.1, -0.05) is 42.5 Å². The van der Waals surface area contributed by atoms with Crippen LogP contribution in [0.5, 0.6) is 5.75 Å². The van der Waals surface area contributed by atoms with E-state index in [0.717, 1.165) is 22.0 Å². The molecule has 2 aromatic carbocycles. The number of carbonyl (C=O) groups is 1. The molecule has 21 heavy (non-hydrogen) atoms. The van der Waals surface area contributed by atoms with Crippen LogP contribution in [0.15, 0.2) is 48.5 Å². The minimum absolute atomic E-state index is 0.0928. The molecule has 0 fully saturated rings. The molecule has 0 saturated heterocycles. The number of carboxylic acids is 1. The van der Waals surface area contributed by atoms with Crippen LogP contribution in [0.25, 0.3) is 10.9 Å². The van der Waals surface area contributed by atoms with Crippen LogP contribution in [0.4, 0.5) is 0 Å². The Kier molecular flexibility index (Phi) is 3.36. The molecule has 0 bridgehead atoms. The van der Waals surface area contributed by atoms with Crippen molar-refractivity contribution in [2.75, 3.05) is 0 Å². The first-order valence-corrected chi connectivity index (χ1v) is 6.68. The van der Waals surface area contributed by atoms with Gasteiger partial charge in [0, 0.05) is 5.39 Å². The summed E-state index contributed by atoms with van der Waals surface area (Å²) < 4.78 is 5.81. The van der Waals surface area contributed by atoms with E-state index in [-0.39, 0.29) is 5.69 Å². The summed E-state index contributed by atoms with van der Waals surface area (Å²) in [4.78, 5) is 14.3. The molecule has 0 saturated carbocycles. The van der Waals surface area contributed by atoms with Crippen molar-refractivity contribution in [3.8, 4) is 5.75 Å². The van der Waals surface area contributed by atoms with Gasteiger partial charge in [-0.3, -0.25) is 0 Å². The standard InChI is InChI=1S/C17H15NO3/c1-11-6-5-9-13-14(11)16(15(18-13)17(19)20)21-10-12-7-3-2-4-8-12/h2-9,18H,10H2,1H3,(H,19,20). The van der Waals surface area contributed by atoms with Gasteiger partial charge in [0.1, 0.15) is 6.61 Å². The van der Waals surface area contributed by atoms with E-state index in [1.807, 2.05) is 55.5 Å². The second kappa shape index (κ2) is 5.32. The van der Waals surface area contributed by atoms with E-state index in [4.69, 9.17) is 4.74 Å². The third kappa shape index (κ3) is 2.48.